The molecule has 0 aromatic heterocycles. The number of rotatable bonds is 2. The Labute approximate surface area is 177 Å². The van der Waals surface area contributed by atoms with Gasteiger partial charge in [0.2, 0.25) is 0 Å². The quantitative estimate of drug-likeness (QED) is 0.532. The van der Waals surface area contributed by atoms with E-state index in [1.807, 2.05) is 42.5 Å². The van der Waals surface area contributed by atoms with Gasteiger partial charge in [0.15, 0.2) is 0 Å². The van der Waals surface area contributed by atoms with E-state index in [-0.39, 0.29) is 23.1 Å². The molecule has 5 nitrogen and oxygen atoms in total. The standard InChI is InChI=1S/C20H24N2O3S2.ClH/c1-22(23)11-9-21(10-12-22)18-13-15-5-3-4-6-19(15)27(25)20-8-7-16(26(2)24)14-17(18)20;/h3-8,14,18H,9-13H2,1-2H3;1H. The average molecular weight is 441 g/mol. The van der Waals surface area contributed by atoms with Gasteiger partial charge in [0.05, 0.1) is 30.9 Å². The van der Waals surface area contributed by atoms with Gasteiger partial charge in [0.1, 0.15) is 0 Å². The summed E-state index contributed by atoms with van der Waals surface area (Å²) >= 11 is 0. The molecule has 2 aliphatic heterocycles. The predicted octanol–water partition coefficient (Wildman–Crippen LogP) is 2.87. The van der Waals surface area contributed by atoms with Crippen molar-refractivity contribution < 1.29 is 13.1 Å². The summed E-state index contributed by atoms with van der Waals surface area (Å²) < 4.78 is 25.2. The van der Waals surface area contributed by atoms with Gasteiger partial charge in [-0.05, 0) is 41.8 Å². The fraction of sp³-hybridized carbons (Fsp3) is 0.400. The SMILES string of the molecule is CS(=O)c1ccc2c(c1)C(N1CC[N+](C)([O-])CC1)Cc1ccccc1S2=O.Cl. The Balaban J connectivity index is 0.00000225. The topological polar surface area (TPSA) is 60.4 Å². The molecule has 2 aromatic rings. The maximum absolute atomic E-state index is 13.3. The van der Waals surface area contributed by atoms with Gasteiger partial charge in [0, 0.05) is 50.9 Å². The van der Waals surface area contributed by atoms with Crippen LogP contribution < -0.4 is 0 Å². The van der Waals surface area contributed by atoms with Crippen molar-refractivity contribution in [2.24, 2.45) is 0 Å². The van der Waals surface area contributed by atoms with Crippen molar-refractivity contribution in [1.82, 2.24) is 4.90 Å². The zero-order chi connectivity index (χ0) is 19.2. The first-order chi connectivity index (χ1) is 12.9. The third-order valence-electron chi connectivity index (χ3n) is 5.62. The second-order valence-electron chi connectivity index (χ2n) is 7.53. The molecule has 4 rings (SSSR count). The van der Waals surface area contributed by atoms with Crippen LogP contribution >= 0.6 is 12.4 Å². The number of hydrogen-bond donors (Lipinski definition) is 0. The molecule has 0 amide bonds. The van der Waals surface area contributed by atoms with E-state index in [4.69, 9.17) is 0 Å². The number of halogens is 1. The summed E-state index contributed by atoms with van der Waals surface area (Å²) in [4.78, 5) is 4.73. The normalized spacial score (nSPS) is 25.0. The van der Waals surface area contributed by atoms with Crippen LogP contribution in [0.25, 0.3) is 0 Å². The van der Waals surface area contributed by atoms with Gasteiger partial charge in [0.25, 0.3) is 0 Å². The maximum Gasteiger partial charge on any atom is 0.0911 e. The van der Waals surface area contributed by atoms with Crippen molar-refractivity contribution >= 4 is 34.0 Å². The molecule has 3 atom stereocenters. The number of benzene rings is 2. The van der Waals surface area contributed by atoms with Crippen LogP contribution in [0.1, 0.15) is 17.2 Å². The fourth-order valence-corrected chi connectivity index (χ4v) is 5.95. The molecule has 1 saturated heterocycles. The first-order valence-electron chi connectivity index (χ1n) is 9.12. The minimum absolute atomic E-state index is 0. The Morgan fingerprint density at radius 3 is 2.50 bits per heavy atom. The molecule has 152 valence electrons. The first kappa shape index (κ1) is 21.6. The number of fused-ring (bicyclic) bond motifs is 2. The zero-order valence-electron chi connectivity index (χ0n) is 16.0. The van der Waals surface area contributed by atoms with Crippen LogP contribution in [-0.4, -0.2) is 57.4 Å². The molecule has 3 unspecified atom stereocenters. The molecule has 2 heterocycles. The van der Waals surface area contributed by atoms with Gasteiger partial charge >= 0.3 is 0 Å². The first-order valence-corrected chi connectivity index (χ1v) is 11.8. The maximum atomic E-state index is 13.3. The van der Waals surface area contributed by atoms with Crippen molar-refractivity contribution in [3.05, 3.63) is 58.8 Å². The number of hydroxylamine groups is 3. The minimum Gasteiger partial charge on any atom is -0.633 e. The monoisotopic (exact) mass is 440 g/mol. The third-order valence-corrected chi connectivity index (χ3v) is 8.11. The predicted molar refractivity (Wildman–Crippen MR) is 114 cm³/mol. The van der Waals surface area contributed by atoms with Crippen LogP contribution in [0.15, 0.2) is 57.2 Å². The second-order valence-corrected chi connectivity index (χ2v) is 10.3. The van der Waals surface area contributed by atoms with E-state index < -0.39 is 21.6 Å². The minimum atomic E-state index is -1.26. The van der Waals surface area contributed by atoms with Crippen LogP contribution in [-0.2, 0) is 28.0 Å². The summed E-state index contributed by atoms with van der Waals surface area (Å²) in [5.41, 5.74) is 2.07. The Bertz CT molecular complexity index is 925. The number of nitrogens with zero attached hydrogens (tertiary/aromatic N) is 2. The van der Waals surface area contributed by atoms with E-state index in [1.54, 1.807) is 13.3 Å². The van der Waals surface area contributed by atoms with E-state index in [2.05, 4.69) is 4.90 Å². The van der Waals surface area contributed by atoms with Crippen LogP contribution in [0.5, 0.6) is 0 Å². The van der Waals surface area contributed by atoms with Gasteiger partial charge in [-0.3, -0.25) is 9.11 Å². The summed E-state index contributed by atoms with van der Waals surface area (Å²) in [6.07, 6.45) is 2.41. The highest BCUT2D eigenvalue weighted by Gasteiger charge is 2.34. The summed E-state index contributed by atoms with van der Waals surface area (Å²) in [7, 11) is -0.634. The lowest BCUT2D eigenvalue weighted by molar-refractivity contribution is -0.865. The van der Waals surface area contributed by atoms with E-state index in [0.29, 0.717) is 26.2 Å². The number of likely N-dealkylation sites (N-methyl/N-ethyl adjacent to an activating group) is 1. The van der Waals surface area contributed by atoms with E-state index >= 15 is 0 Å². The van der Waals surface area contributed by atoms with Crippen molar-refractivity contribution in [3.63, 3.8) is 0 Å². The number of quaternary nitrogens is 1. The van der Waals surface area contributed by atoms with Gasteiger partial charge in [-0.2, -0.15) is 0 Å². The number of piperazine rings is 1. The molecular formula is C20H25ClN2O3S2. The Hall–Kier alpha value is -1.09. The van der Waals surface area contributed by atoms with Crippen LogP contribution in [0.3, 0.4) is 0 Å². The lowest BCUT2D eigenvalue weighted by Crippen LogP contribution is -2.54. The largest absolute Gasteiger partial charge is 0.633 e. The molecule has 0 N–H and O–H groups in total. The second kappa shape index (κ2) is 8.34. The Kier molecular flexibility index (Phi) is 6.44. The van der Waals surface area contributed by atoms with Crippen molar-refractivity contribution in [2.45, 2.75) is 27.1 Å². The van der Waals surface area contributed by atoms with Gasteiger partial charge in [-0.25, -0.2) is 4.21 Å². The molecule has 0 spiro atoms. The van der Waals surface area contributed by atoms with Crippen molar-refractivity contribution in [1.29, 1.82) is 0 Å². The molecule has 2 aromatic carbocycles. The summed E-state index contributed by atoms with van der Waals surface area (Å²) in [6, 6.07) is 13.6. The Morgan fingerprint density at radius 1 is 1.14 bits per heavy atom. The lowest BCUT2D eigenvalue weighted by Gasteiger charge is -2.47. The summed E-state index contributed by atoms with van der Waals surface area (Å²) in [5.74, 6) is 0. The smallest absolute Gasteiger partial charge is 0.0911 e. The molecule has 0 saturated carbocycles. The fourth-order valence-electron chi connectivity index (χ4n) is 3.97. The van der Waals surface area contributed by atoms with Crippen LogP contribution in [0.4, 0.5) is 0 Å². The molecule has 0 bridgehead atoms. The summed E-state index contributed by atoms with van der Waals surface area (Å²) in [5, 5.41) is 12.3. The molecular weight excluding hydrogens is 416 g/mol. The summed E-state index contributed by atoms with van der Waals surface area (Å²) in [6.45, 7) is 2.52. The van der Waals surface area contributed by atoms with Crippen LogP contribution in [0.2, 0.25) is 0 Å². The van der Waals surface area contributed by atoms with Gasteiger partial charge in [-0.15, -0.1) is 12.4 Å². The van der Waals surface area contributed by atoms with E-state index in [0.717, 1.165) is 32.2 Å². The highest BCUT2D eigenvalue weighted by atomic mass is 35.5. The highest BCUT2D eigenvalue weighted by molar-refractivity contribution is 7.85. The van der Waals surface area contributed by atoms with E-state index in [9.17, 15) is 13.6 Å². The number of hydrogen-bond acceptors (Lipinski definition) is 4. The average Bonchev–Trinajstić information content (AvgIpc) is 2.77. The molecule has 0 radical (unpaired) electrons. The molecule has 2 aliphatic rings. The Morgan fingerprint density at radius 2 is 1.82 bits per heavy atom. The van der Waals surface area contributed by atoms with Gasteiger partial charge < -0.3 is 9.85 Å². The third kappa shape index (κ3) is 4.10. The molecule has 1 fully saturated rings. The van der Waals surface area contributed by atoms with Gasteiger partial charge in [-0.1, -0.05) is 18.2 Å². The molecule has 28 heavy (non-hydrogen) atoms. The molecule has 0 aliphatic carbocycles. The lowest BCUT2D eigenvalue weighted by atomic mass is 9.96. The molecule has 8 heteroatoms. The van der Waals surface area contributed by atoms with E-state index in [1.165, 1.54) is 0 Å². The van der Waals surface area contributed by atoms with Crippen LogP contribution in [0, 0.1) is 5.21 Å². The zero-order valence-corrected chi connectivity index (χ0v) is 18.4. The van der Waals surface area contributed by atoms with Crippen molar-refractivity contribution in [2.75, 3.05) is 39.5 Å². The van der Waals surface area contributed by atoms with Crippen molar-refractivity contribution in [3.8, 4) is 0 Å². The highest BCUT2D eigenvalue weighted by Crippen LogP contribution is 2.38.